The Kier molecular flexibility index (Phi) is 6.83. The van der Waals surface area contributed by atoms with E-state index in [9.17, 15) is 32.9 Å². The van der Waals surface area contributed by atoms with Crippen LogP contribution in [0, 0.1) is 10.1 Å². The van der Waals surface area contributed by atoms with Gasteiger partial charge in [-0.05, 0) is 52.4 Å². The van der Waals surface area contributed by atoms with E-state index < -0.39 is 39.2 Å². The molecule has 1 heterocycles. The lowest BCUT2D eigenvalue weighted by Crippen LogP contribution is -2.27. The van der Waals surface area contributed by atoms with Crippen LogP contribution in [-0.4, -0.2) is 21.0 Å². The Bertz CT molecular complexity index is 1660. The van der Waals surface area contributed by atoms with Crippen LogP contribution in [0.25, 0.3) is 16.8 Å². The number of ether oxygens (including phenoxy) is 1. The number of imide groups is 1. The molecular weight excluding hydrogens is 533 g/mol. The molecule has 7 nitrogen and oxygen atoms in total. The number of carbonyl (C=O) groups excluding carboxylic acids is 2. The van der Waals surface area contributed by atoms with Gasteiger partial charge in [-0.1, -0.05) is 60.7 Å². The number of hydrogen-bond acceptors (Lipinski definition) is 6. The summed E-state index contributed by atoms with van der Waals surface area (Å²) in [6.07, 6.45) is -3.35. The van der Waals surface area contributed by atoms with Gasteiger partial charge in [-0.2, -0.15) is 13.2 Å². The fourth-order valence-corrected chi connectivity index (χ4v) is 4.94. The zero-order chi connectivity index (χ0) is 27.7. The Hall–Kier alpha value is -4.64. The van der Waals surface area contributed by atoms with E-state index in [1.807, 2.05) is 42.5 Å². The Morgan fingerprint density at radius 3 is 2.41 bits per heavy atom. The first-order chi connectivity index (χ1) is 18.6. The zero-order valence-corrected chi connectivity index (χ0v) is 20.7. The molecule has 5 rings (SSSR count). The molecule has 0 saturated carbocycles. The van der Waals surface area contributed by atoms with E-state index in [-0.39, 0.29) is 17.2 Å². The average molecular weight is 551 g/mol. The number of alkyl halides is 3. The van der Waals surface area contributed by atoms with Crippen LogP contribution in [0.2, 0.25) is 0 Å². The van der Waals surface area contributed by atoms with Crippen molar-refractivity contribution in [2.24, 2.45) is 0 Å². The van der Waals surface area contributed by atoms with Gasteiger partial charge in [-0.15, -0.1) is 0 Å². The standard InChI is InChI=1S/C28H17F3N2O5S/c29-28(30,31)20-12-13-24(22(15-20)33(36)37)38-23-11-4-2-7-18(23)14-25-26(34)32(27(35)39-25)16-19-9-5-8-17-6-1-3-10-21(17)19/h1-15H,16H2/b25-14+. The molecule has 4 aromatic carbocycles. The predicted octanol–water partition coefficient (Wildman–Crippen LogP) is 7.80. The van der Waals surface area contributed by atoms with E-state index in [1.54, 1.807) is 18.2 Å². The van der Waals surface area contributed by atoms with Crippen LogP contribution in [0.1, 0.15) is 16.7 Å². The van der Waals surface area contributed by atoms with Gasteiger partial charge in [-0.25, -0.2) is 0 Å². The molecule has 0 aromatic heterocycles. The lowest BCUT2D eigenvalue weighted by Gasteiger charge is -2.14. The number of nitro benzene ring substituents is 1. The van der Waals surface area contributed by atoms with Crippen LogP contribution in [0.15, 0.2) is 89.8 Å². The van der Waals surface area contributed by atoms with Crippen molar-refractivity contribution >= 4 is 45.4 Å². The zero-order valence-electron chi connectivity index (χ0n) is 19.8. The van der Waals surface area contributed by atoms with Gasteiger partial charge >= 0.3 is 11.9 Å². The molecule has 0 unspecified atom stereocenters. The van der Waals surface area contributed by atoms with Crippen LogP contribution in [0.3, 0.4) is 0 Å². The van der Waals surface area contributed by atoms with Crippen LogP contribution in [0.4, 0.5) is 23.7 Å². The van der Waals surface area contributed by atoms with E-state index in [4.69, 9.17) is 4.74 Å². The van der Waals surface area contributed by atoms with Crippen LogP contribution >= 0.6 is 11.8 Å². The molecule has 1 fully saturated rings. The number of halogens is 3. The molecule has 39 heavy (non-hydrogen) atoms. The topological polar surface area (TPSA) is 89.7 Å². The monoisotopic (exact) mass is 550 g/mol. The highest BCUT2D eigenvalue weighted by molar-refractivity contribution is 8.18. The van der Waals surface area contributed by atoms with Gasteiger partial charge in [0.15, 0.2) is 0 Å². The van der Waals surface area contributed by atoms with Crippen molar-refractivity contribution in [3.63, 3.8) is 0 Å². The number of nitro groups is 1. The summed E-state index contributed by atoms with van der Waals surface area (Å²) in [6.45, 7) is 0.0687. The lowest BCUT2D eigenvalue weighted by molar-refractivity contribution is -0.385. The maximum Gasteiger partial charge on any atom is 0.416 e. The molecular formula is C28H17F3N2O5S. The maximum absolute atomic E-state index is 13.2. The number of carbonyl (C=O) groups is 2. The van der Waals surface area contributed by atoms with Crippen molar-refractivity contribution in [1.29, 1.82) is 0 Å². The number of nitrogens with zero attached hydrogens (tertiary/aromatic N) is 2. The van der Waals surface area contributed by atoms with E-state index >= 15 is 0 Å². The summed E-state index contributed by atoms with van der Waals surface area (Å²) in [4.78, 5) is 37.7. The minimum atomic E-state index is -4.77. The lowest BCUT2D eigenvalue weighted by atomic mass is 10.0. The Morgan fingerprint density at radius 1 is 0.923 bits per heavy atom. The second-order valence-corrected chi connectivity index (χ2v) is 9.48. The van der Waals surface area contributed by atoms with Gasteiger partial charge in [-0.3, -0.25) is 24.6 Å². The number of amides is 2. The summed E-state index contributed by atoms with van der Waals surface area (Å²) in [6, 6.07) is 21.4. The molecule has 1 aliphatic rings. The average Bonchev–Trinajstić information content (AvgIpc) is 3.16. The third kappa shape index (κ3) is 5.34. The Balaban J connectivity index is 1.43. The number of fused-ring (bicyclic) bond motifs is 1. The molecule has 4 aromatic rings. The molecule has 0 atom stereocenters. The normalized spacial score (nSPS) is 14.8. The van der Waals surface area contributed by atoms with E-state index in [0.717, 1.165) is 39.1 Å². The van der Waals surface area contributed by atoms with Crippen molar-refractivity contribution in [2.75, 3.05) is 0 Å². The van der Waals surface area contributed by atoms with Crippen molar-refractivity contribution in [3.8, 4) is 11.5 Å². The largest absolute Gasteiger partial charge is 0.449 e. The SMILES string of the molecule is O=C1S/C(=C/c2ccccc2Oc2ccc(C(F)(F)F)cc2[N+](=O)[O-])C(=O)N1Cc1cccc2ccccc12. The van der Waals surface area contributed by atoms with Gasteiger partial charge in [0.1, 0.15) is 5.75 Å². The summed E-state index contributed by atoms with van der Waals surface area (Å²) >= 11 is 0.739. The summed E-state index contributed by atoms with van der Waals surface area (Å²) in [5.41, 5.74) is -0.943. The second kappa shape index (κ2) is 10.3. The molecule has 0 spiro atoms. The fourth-order valence-electron chi connectivity index (χ4n) is 4.11. The maximum atomic E-state index is 13.2. The van der Waals surface area contributed by atoms with E-state index in [0.29, 0.717) is 17.7 Å². The van der Waals surface area contributed by atoms with Gasteiger partial charge in [0.2, 0.25) is 5.75 Å². The van der Waals surface area contributed by atoms with Crippen LogP contribution < -0.4 is 4.74 Å². The molecule has 1 aliphatic heterocycles. The highest BCUT2D eigenvalue weighted by Crippen LogP contribution is 2.40. The van der Waals surface area contributed by atoms with Gasteiger partial charge in [0.05, 0.1) is 21.9 Å². The van der Waals surface area contributed by atoms with E-state index in [2.05, 4.69) is 0 Å². The number of para-hydroxylation sites is 1. The van der Waals surface area contributed by atoms with Crippen LogP contribution in [0.5, 0.6) is 11.5 Å². The van der Waals surface area contributed by atoms with Crippen molar-refractivity contribution < 1.29 is 32.4 Å². The Morgan fingerprint density at radius 2 is 1.64 bits per heavy atom. The quantitative estimate of drug-likeness (QED) is 0.138. The van der Waals surface area contributed by atoms with Crippen molar-refractivity contribution in [2.45, 2.75) is 12.7 Å². The molecule has 196 valence electrons. The first kappa shape index (κ1) is 26.0. The summed E-state index contributed by atoms with van der Waals surface area (Å²) in [7, 11) is 0. The molecule has 1 saturated heterocycles. The molecule has 11 heteroatoms. The molecule has 2 amide bonds. The van der Waals surface area contributed by atoms with Crippen LogP contribution in [-0.2, 0) is 17.5 Å². The third-order valence-corrected chi connectivity index (χ3v) is 6.90. The molecule has 0 aliphatic carbocycles. The molecule has 0 radical (unpaired) electrons. The predicted molar refractivity (Wildman–Crippen MR) is 140 cm³/mol. The first-order valence-electron chi connectivity index (χ1n) is 11.5. The first-order valence-corrected chi connectivity index (χ1v) is 12.3. The number of hydrogen-bond donors (Lipinski definition) is 0. The Labute approximate surface area is 223 Å². The number of benzene rings is 4. The summed E-state index contributed by atoms with van der Waals surface area (Å²) in [5.74, 6) is -0.868. The van der Waals surface area contributed by atoms with Gasteiger partial charge in [0, 0.05) is 11.6 Å². The smallest absolute Gasteiger partial charge is 0.416 e. The van der Waals surface area contributed by atoms with Crippen molar-refractivity contribution in [3.05, 3.63) is 117 Å². The van der Waals surface area contributed by atoms with Gasteiger partial charge < -0.3 is 4.74 Å². The second-order valence-electron chi connectivity index (χ2n) is 8.48. The van der Waals surface area contributed by atoms with Crippen molar-refractivity contribution in [1.82, 2.24) is 4.90 Å². The molecule has 0 N–H and O–H groups in total. The molecule has 0 bridgehead atoms. The highest BCUT2D eigenvalue weighted by atomic mass is 32.2. The third-order valence-electron chi connectivity index (χ3n) is 5.99. The minimum Gasteiger partial charge on any atom is -0.449 e. The number of thioether (sulfide) groups is 1. The minimum absolute atomic E-state index is 0.0567. The summed E-state index contributed by atoms with van der Waals surface area (Å²) in [5, 5.41) is 12.9. The van der Waals surface area contributed by atoms with E-state index in [1.165, 1.54) is 12.1 Å². The fraction of sp³-hybridized carbons (Fsp3) is 0.0714. The summed E-state index contributed by atoms with van der Waals surface area (Å²) < 4.78 is 44.8. The van der Waals surface area contributed by atoms with Gasteiger partial charge in [0.25, 0.3) is 11.1 Å². The highest BCUT2D eigenvalue weighted by Gasteiger charge is 2.36. The number of rotatable bonds is 6.